The number of esters is 1. The maximum Gasteiger partial charge on any atom is 0.325 e. The zero-order valence-corrected chi connectivity index (χ0v) is 17.7. The molecule has 0 unspecified atom stereocenters. The minimum atomic E-state index is -0.444. The van der Waals surface area contributed by atoms with Gasteiger partial charge in [0.1, 0.15) is 12.3 Å². The number of hydrogen-bond donors (Lipinski definition) is 1. The first-order chi connectivity index (χ1) is 13.3. The molecule has 2 aliphatic rings. The van der Waals surface area contributed by atoms with Crippen molar-refractivity contribution in [1.29, 1.82) is 0 Å². The number of nitrogens with zero attached hydrogens (tertiary/aromatic N) is 2. The van der Waals surface area contributed by atoms with Crippen molar-refractivity contribution in [2.24, 2.45) is 11.3 Å². The number of amides is 1. The average Bonchev–Trinajstić information content (AvgIpc) is 3.31. The van der Waals surface area contributed by atoms with Crippen LogP contribution in [-0.2, 0) is 20.9 Å². The van der Waals surface area contributed by atoms with Crippen LogP contribution in [0.4, 0.5) is 0 Å². The lowest BCUT2D eigenvalue weighted by molar-refractivity contribution is -0.143. The number of carbonyl (C=O) groups excluding carboxylic acids is 2. The fourth-order valence-electron chi connectivity index (χ4n) is 5.03. The number of fused-ring (bicyclic) bond motifs is 2. The molecule has 0 aromatic carbocycles. The highest BCUT2D eigenvalue weighted by Crippen LogP contribution is 2.53. The van der Waals surface area contributed by atoms with Crippen molar-refractivity contribution in [2.45, 2.75) is 78.4 Å². The monoisotopic (exact) mass is 391 g/mol. The molecule has 7 heteroatoms. The Kier molecular flexibility index (Phi) is 6.12. The van der Waals surface area contributed by atoms with Crippen LogP contribution in [0.5, 0.6) is 0 Å². The largest absolute Gasteiger partial charge is 0.468 e. The second-order valence-electron chi connectivity index (χ2n) is 8.77. The molecule has 7 nitrogen and oxygen atoms in total. The van der Waals surface area contributed by atoms with Gasteiger partial charge in [0.2, 0.25) is 5.91 Å². The molecule has 1 aromatic rings. The van der Waals surface area contributed by atoms with E-state index in [1.54, 1.807) is 0 Å². The van der Waals surface area contributed by atoms with Crippen molar-refractivity contribution < 1.29 is 18.8 Å². The lowest BCUT2D eigenvalue weighted by atomic mass is 9.69. The number of aromatic nitrogens is 1. The lowest BCUT2D eigenvalue weighted by Crippen LogP contribution is -2.50. The van der Waals surface area contributed by atoms with Gasteiger partial charge in [-0.25, -0.2) is 0 Å². The number of hydrogen-bond acceptors (Lipinski definition) is 6. The highest BCUT2D eigenvalue weighted by Gasteiger charge is 2.59. The number of rotatable bonds is 8. The topological polar surface area (TPSA) is 84.7 Å². The third-order valence-corrected chi connectivity index (χ3v) is 6.64. The molecule has 156 valence electrons. The highest BCUT2D eigenvalue weighted by atomic mass is 16.5. The fraction of sp³-hybridized carbons (Fsp3) is 0.762. The molecule has 0 radical (unpaired) electrons. The molecular formula is C21H33N3O4. The molecule has 1 aromatic heterocycles. The van der Waals surface area contributed by atoms with Gasteiger partial charge in [-0.1, -0.05) is 19.0 Å². The van der Waals surface area contributed by atoms with Gasteiger partial charge in [-0.05, 0) is 51.9 Å². The van der Waals surface area contributed by atoms with Gasteiger partial charge in [0.05, 0.1) is 18.2 Å². The number of ether oxygens (including phenoxy) is 1. The third kappa shape index (κ3) is 3.81. The Morgan fingerprint density at radius 2 is 2.11 bits per heavy atom. The molecule has 2 aliphatic heterocycles. The zero-order valence-electron chi connectivity index (χ0n) is 17.7. The third-order valence-electron chi connectivity index (χ3n) is 6.64. The summed E-state index contributed by atoms with van der Waals surface area (Å²) in [6.45, 7) is 9.00. The van der Waals surface area contributed by atoms with Gasteiger partial charge >= 0.3 is 5.97 Å². The Balaban J connectivity index is 1.82. The molecule has 3 rings (SSSR count). The number of methoxy groups -OCH3 is 1. The van der Waals surface area contributed by atoms with Crippen LogP contribution < -0.4 is 5.32 Å². The van der Waals surface area contributed by atoms with Crippen LogP contribution in [0.25, 0.3) is 0 Å². The summed E-state index contributed by atoms with van der Waals surface area (Å²) in [5, 5.41) is 6.94. The highest BCUT2D eigenvalue weighted by molar-refractivity contribution is 5.87. The Labute approximate surface area is 167 Å². The average molecular weight is 392 g/mol. The maximum absolute atomic E-state index is 13.3. The van der Waals surface area contributed by atoms with Crippen molar-refractivity contribution in [3.63, 3.8) is 0 Å². The van der Waals surface area contributed by atoms with Crippen LogP contribution in [0.2, 0.25) is 0 Å². The van der Waals surface area contributed by atoms with Crippen LogP contribution in [0, 0.1) is 25.2 Å². The van der Waals surface area contributed by atoms with E-state index in [0.29, 0.717) is 12.0 Å². The van der Waals surface area contributed by atoms with Gasteiger partial charge < -0.3 is 14.6 Å². The van der Waals surface area contributed by atoms with Crippen molar-refractivity contribution in [3.05, 3.63) is 17.0 Å². The minimum absolute atomic E-state index is 0.00508. The van der Waals surface area contributed by atoms with E-state index < -0.39 is 11.4 Å². The molecule has 28 heavy (non-hydrogen) atoms. The number of aryl methyl sites for hydroxylation is 2. The molecule has 2 fully saturated rings. The molecule has 3 heterocycles. The Bertz CT molecular complexity index is 710. The molecule has 0 saturated carbocycles. The predicted octanol–water partition coefficient (Wildman–Crippen LogP) is 2.74. The van der Waals surface area contributed by atoms with Crippen LogP contribution in [-0.4, -0.2) is 47.7 Å². The first-order valence-electron chi connectivity index (χ1n) is 10.3. The molecule has 2 saturated heterocycles. The SMILES string of the molecule is COC(=O)CNC(=O)[C@@]1(CCC(C)C)C[C@H]2CC[C@@H]1N2Cc1c(C)noc1C. The standard InChI is InChI=1S/C21H33N3O4/c1-13(2)8-9-21(20(26)22-11-19(25)27-5)10-16-6-7-18(21)24(16)12-17-14(3)23-28-15(17)4/h13,16,18H,6-12H2,1-5H3,(H,22,26)/t16-,18+,21+/m1/s1. The smallest absolute Gasteiger partial charge is 0.325 e. The first kappa shape index (κ1) is 20.8. The quantitative estimate of drug-likeness (QED) is 0.686. The number of carbonyl (C=O) groups is 2. The summed E-state index contributed by atoms with van der Waals surface area (Å²) in [4.78, 5) is 27.3. The Morgan fingerprint density at radius 3 is 2.71 bits per heavy atom. The summed E-state index contributed by atoms with van der Waals surface area (Å²) >= 11 is 0. The van der Waals surface area contributed by atoms with E-state index in [-0.39, 0.29) is 18.5 Å². The van der Waals surface area contributed by atoms with Crippen LogP contribution in [0.1, 0.15) is 63.0 Å². The normalized spacial score (nSPS) is 26.8. The summed E-state index contributed by atoms with van der Waals surface area (Å²) in [6.07, 6.45) is 4.81. The van der Waals surface area contributed by atoms with Gasteiger partial charge in [0.25, 0.3) is 0 Å². The summed E-state index contributed by atoms with van der Waals surface area (Å²) in [5.41, 5.74) is 1.61. The van der Waals surface area contributed by atoms with E-state index in [9.17, 15) is 9.59 Å². The Hall–Kier alpha value is -1.89. The zero-order chi connectivity index (χ0) is 20.5. The molecule has 1 N–H and O–H groups in total. The van der Waals surface area contributed by atoms with E-state index >= 15 is 0 Å². The van der Waals surface area contributed by atoms with Gasteiger partial charge in [-0.15, -0.1) is 0 Å². The molecule has 0 aliphatic carbocycles. The second-order valence-corrected chi connectivity index (χ2v) is 8.77. The Morgan fingerprint density at radius 1 is 1.36 bits per heavy atom. The lowest BCUT2D eigenvalue weighted by Gasteiger charge is -2.37. The van der Waals surface area contributed by atoms with E-state index in [1.165, 1.54) is 7.11 Å². The minimum Gasteiger partial charge on any atom is -0.468 e. The van der Waals surface area contributed by atoms with Crippen molar-refractivity contribution in [3.8, 4) is 0 Å². The predicted molar refractivity (Wildman–Crippen MR) is 104 cm³/mol. The summed E-state index contributed by atoms with van der Waals surface area (Å²) < 4.78 is 10.0. The van der Waals surface area contributed by atoms with Crippen LogP contribution >= 0.6 is 0 Å². The van der Waals surface area contributed by atoms with E-state index in [2.05, 4.69) is 29.2 Å². The maximum atomic E-state index is 13.3. The van der Waals surface area contributed by atoms with E-state index in [0.717, 1.165) is 55.7 Å². The van der Waals surface area contributed by atoms with Crippen molar-refractivity contribution in [1.82, 2.24) is 15.4 Å². The van der Waals surface area contributed by atoms with Crippen LogP contribution in [0.15, 0.2) is 4.52 Å². The molecule has 0 spiro atoms. The van der Waals surface area contributed by atoms with Crippen molar-refractivity contribution in [2.75, 3.05) is 13.7 Å². The van der Waals surface area contributed by atoms with Gasteiger partial charge in [0, 0.05) is 24.2 Å². The fourth-order valence-corrected chi connectivity index (χ4v) is 5.03. The van der Waals surface area contributed by atoms with Crippen molar-refractivity contribution >= 4 is 11.9 Å². The molecular weight excluding hydrogens is 358 g/mol. The summed E-state index contributed by atoms with van der Waals surface area (Å²) in [7, 11) is 1.34. The van der Waals surface area contributed by atoms with Gasteiger partial charge in [-0.2, -0.15) is 0 Å². The number of nitrogens with one attached hydrogen (secondary N) is 1. The van der Waals surface area contributed by atoms with Crippen LogP contribution in [0.3, 0.4) is 0 Å². The van der Waals surface area contributed by atoms with Gasteiger partial charge in [0.15, 0.2) is 0 Å². The molecule has 1 amide bonds. The molecule has 2 bridgehead atoms. The summed E-state index contributed by atoms with van der Waals surface area (Å²) in [5.74, 6) is 0.963. The first-order valence-corrected chi connectivity index (χ1v) is 10.3. The van der Waals surface area contributed by atoms with E-state index in [1.807, 2.05) is 13.8 Å². The van der Waals surface area contributed by atoms with E-state index in [4.69, 9.17) is 9.26 Å². The second kappa shape index (κ2) is 8.23. The summed E-state index contributed by atoms with van der Waals surface area (Å²) in [6, 6.07) is 0.567. The van der Waals surface area contributed by atoms with Gasteiger partial charge in [-0.3, -0.25) is 14.5 Å². The molecule has 3 atom stereocenters.